The molecule has 0 spiro atoms. The molecule has 1 aromatic carbocycles. The van der Waals surface area contributed by atoms with E-state index in [4.69, 9.17) is 5.73 Å². The molecule has 8 heteroatoms. The fourth-order valence-electron chi connectivity index (χ4n) is 2.08. The molecule has 2 amide bonds. The molecule has 0 saturated heterocycles. The molecule has 0 aromatic heterocycles. The van der Waals surface area contributed by atoms with Crippen LogP contribution in [0.1, 0.15) is 11.6 Å². The fraction of sp³-hybridized carbons (Fsp3) is 0.231. The summed E-state index contributed by atoms with van der Waals surface area (Å²) in [6.07, 6.45) is -3.40. The molecule has 112 valence electrons. The predicted octanol–water partition coefficient (Wildman–Crippen LogP) is 2.61. The van der Waals surface area contributed by atoms with Gasteiger partial charge in [0.2, 0.25) is 0 Å². The van der Waals surface area contributed by atoms with Crippen LogP contribution in [-0.2, 0) is 0 Å². The number of aliphatic imine (C=N–C) groups is 1. The number of ether oxygens (including phenoxy) is 1. The number of halogens is 3. The molecule has 1 aliphatic rings. The van der Waals surface area contributed by atoms with Gasteiger partial charge in [-0.25, -0.2) is 4.79 Å². The van der Waals surface area contributed by atoms with E-state index in [1.165, 1.54) is 29.2 Å². The van der Waals surface area contributed by atoms with E-state index < -0.39 is 24.2 Å². The van der Waals surface area contributed by atoms with Crippen molar-refractivity contribution in [1.29, 1.82) is 0 Å². The summed E-state index contributed by atoms with van der Waals surface area (Å²) in [5.41, 5.74) is 5.79. The minimum Gasteiger partial charge on any atom is -0.405 e. The maximum atomic E-state index is 12.4. The van der Waals surface area contributed by atoms with Gasteiger partial charge in [-0.1, -0.05) is 24.3 Å². The first-order valence-corrected chi connectivity index (χ1v) is 5.93. The largest absolute Gasteiger partial charge is 0.573 e. The number of carbonyl (C=O) groups excluding carboxylic acids is 1. The minimum absolute atomic E-state index is 0.0833. The highest BCUT2D eigenvalue weighted by molar-refractivity contribution is 6.03. The number of amidine groups is 1. The molecular formula is C13H12F3N3O2. The fourth-order valence-corrected chi connectivity index (χ4v) is 2.08. The third-order valence-corrected chi connectivity index (χ3v) is 2.83. The second kappa shape index (κ2) is 5.47. The highest BCUT2D eigenvalue weighted by atomic mass is 19.4. The lowest BCUT2D eigenvalue weighted by Crippen LogP contribution is -2.34. The molecule has 0 aliphatic carbocycles. The zero-order valence-electron chi connectivity index (χ0n) is 10.8. The van der Waals surface area contributed by atoms with Crippen LogP contribution in [0.25, 0.3) is 0 Å². The molecule has 0 radical (unpaired) electrons. The summed E-state index contributed by atoms with van der Waals surface area (Å²) in [7, 11) is 0. The van der Waals surface area contributed by atoms with Crippen LogP contribution in [0, 0.1) is 0 Å². The Morgan fingerprint density at radius 1 is 1.43 bits per heavy atom. The Bertz CT molecular complexity index is 599. The van der Waals surface area contributed by atoms with Gasteiger partial charge >= 0.3 is 12.4 Å². The van der Waals surface area contributed by atoms with Crippen LogP contribution >= 0.6 is 0 Å². The quantitative estimate of drug-likeness (QED) is 0.869. The van der Waals surface area contributed by atoms with Gasteiger partial charge in [-0.2, -0.15) is 4.99 Å². The summed E-state index contributed by atoms with van der Waals surface area (Å²) in [5.74, 6) is -0.503. The van der Waals surface area contributed by atoms with Gasteiger partial charge in [0.1, 0.15) is 17.6 Å². The smallest absolute Gasteiger partial charge is 0.405 e. The van der Waals surface area contributed by atoms with Crippen molar-refractivity contribution in [1.82, 2.24) is 4.90 Å². The molecular weight excluding hydrogens is 287 g/mol. The molecule has 1 aliphatic heterocycles. The number of hydrogen-bond acceptors (Lipinski definition) is 3. The zero-order chi connectivity index (χ0) is 15.6. The van der Waals surface area contributed by atoms with Crippen LogP contribution < -0.4 is 10.5 Å². The summed E-state index contributed by atoms with van der Waals surface area (Å²) in [5, 5.41) is 0. The SMILES string of the molecule is C=CCN1C(=O)N=C(N)C1c1ccccc1OC(F)(F)F. The lowest BCUT2D eigenvalue weighted by Gasteiger charge is -2.25. The molecule has 0 bridgehead atoms. The van der Waals surface area contributed by atoms with Crippen LogP contribution in [-0.4, -0.2) is 29.7 Å². The number of para-hydroxylation sites is 1. The van der Waals surface area contributed by atoms with E-state index in [0.717, 1.165) is 6.07 Å². The summed E-state index contributed by atoms with van der Waals surface area (Å²) in [4.78, 5) is 16.5. The summed E-state index contributed by atoms with van der Waals surface area (Å²) in [6.45, 7) is 3.60. The van der Waals surface area contributed by atoms with Gasteiger partial charge in [-0.05, 0) is 6.07 Å². The Morgan fingerprint density at radius 2 is 2.10 bits per heavy atom. The highest BCUT2D eigenvalue weighted by Gasteiger charge is 2.38. The average Bonchev–Trinajstić information content (AvgIpc) is 2.64. The summed E-state index contributed by atoms with van der Waals surface area (Å²) >= 11 is 0. The average molecular weight is 299 g/mol. The number of nitrogens with zero attached hydrogens (tertiary/aromatic N) is 2. The molecule has 5 nitrogen and oxygen atoms in total. The van der Waals surface area contributed by atoms with Crippen LogP contribution in [0.3, 0.4) is 0 Å². The number of amides is 2. The number of carbonyl (C=O) groups is 1. The molecule has 1 unspecified atom stereocenters. The van der Waals surface area contributed by atoms with Gasteiger partial charge < -0.3 is 15.4 Å². The van der Waals surface area contributed by atoms with Gasteiger partial charge in [0, 0.05) is 12.1 Å². The van der Waals surface area contributed by atoms with Gasteiger partial charge in [-0.15, -0.1) is 19.8 Å². The van der Waals surface area contributed by atoms with E-state index in [1.807, 2.05) is 0 Å². The highest BCUT2D eigenvalue weighted by Crippen LogP contribution is 2.35. The van der Waals surface area contributed by atoms with Gasteiger partial charge in [0.05, 0.1) is 0 Å². The first kappa shape index (κ1) is 14.9. The molecule has 0 fully saturated rings. The van der Waals surface area contributed by atoms with E-state index >= 15 is 0 Å². The maximum absolute atomic E-state index is 12.4. The number of alkyl halides is 3. The molecule has 0 saturated carbocycles. The Hall–Kier alpha value is -2.51. The van der Waals surface area contributed by atoms with Gasteiger partial charge in [0.15, 0.2) is 0 Å². The van der Waals surface area contributed by atoms with Crippen molar-refractivity contribution in [2.24, 2.45) is 10.7 Å². The van der Waals surface area contributed by atoms with Crippen LogP contribution in [0.2, 0.25) is 0 Å². The van der Waals surface area contributed by atoms with Crippen LogP contribution in [0.4, 0.5) is 18.0 Å². The number of benzene rings is 1. The van der Waals surface area contributed by atoms with Crippen LogP contribution in [0.5, 0.6) is 5.75 Å². The lowest BCUT2D eigenvalue weighted by atomic mass is 10.0. The first-order chi connectivity index (χ1) is 9.83. The maximum Gasteiger partial charge on any atom is 0.573 e. The van der Waals surface area contributed by atoms with Crippen molar-refractivity contribution in [3.05, 3.63) is 42.5 Å². The van der Waals surface area contributed by atoms with Crippen molar-refractivity contribution in [2.45, 2.75) is 12.4 Å². The second-order valence-corrected chi connectivity index (χ2v) is 4.25. The van der Waals surface area contributed by atoms with Crippen molar-refractivity contribution < 1.29 is 22.7 Å². The molecule has 2 N–H and O–H groups in total. The molecule has 1 aromatic rings. The second-order valence-electron chi connectivity index (χ2n) is 4.25. The van der Waals surface area contributed by atoms with Crippen molar-refractivity contribution in [3.8, 4) is 5.75 Å². The van der Waals surface area contributed by atoms with E-state index in [0.29, 0.717) is 0 Å². The van der Waals surface area contributed by atoms with Gasteiger partial charge in [0.25, 0.3) is 0 Å². The molecule has 21 heavy (non-hydrogen) atoms. The Morgan fingerprint density at radius 3 is 2.71 bits per heavy atom. The topological polar surface area (TPSA) is 67.9 Å². The number of nitrogens with two attached hydrogens (primary N) is 1. The van der Waals surface area contributed by atoms with E-state index in [1.54, 1.807) is 0 Å². The standard InChI is InChI=1S/C13H12F3N3O2/c1-2-7-19-10(11(17)18-12(19)20)8-5-3-4-6-9(8)21-13(14,15)16/h2-6,10H,1,7H2,(H2,17,18,20). The van der Waals surface area contributed by atoms with E-state index in [-0.39, 0.29) is 17.9 Å². The number of urea groups is 1. The molecule has 2 rings (SSSR count). The van der Waals surface area contributed by atoms with E-state index in [9.17, 15) is 18.0 Å². The Balaban J connectivity index is 2.43. The molecule has 1 heterocycles. The third-order valence-electron chi connectivity index (χ3n) is 2.83. The van der Waals surface area contributed by atoms with Crippen LogP contribution in [0.15, 0.2) is 41.9 Å². The minimum atomic E-state index is -4.84. The molecule has 1 atom stereocenters. The van der Waals surface area contributed by atoms with E-state index in [2.05, 4.69) is 16.3 Å². The lowest BCUT2D eigenvalue weighted by molar-refractivity contribution is -0.275. The van der Waals surface area contributed by atoms with Crippen molar-refractivity contribution in [2.75, 3.05) is 6.54 Å². The normalized spacial score (nSPS) is 18.6. The summed E-state index contributed by atoms with van der Waals surface area (Å²) < 4.78 is 41.3. The monoisotopic (exact) mass is 299 g/mol. The number of hydrogen-bond donors (Lipinski definition) is 1. The zero-order valence-corrected chi connectivity index (χ0v) is 10.8. The van der Waals surface area contributed by atoms with Crippen molar-refractivity contribution in [3.63, 3.8) is 0 Å². The first-order valence-electron chi connectivity index (χ1n) is 5.93. The Labute approximate surface area is 118 Å². The number of rotatable bonds is 4. The van der Waals surface area contributed by atoms with Crippen molar-refractivity contribution >= 4 is 11.9 Å². The predicted molar refractivity (Wildman–Crippen MR) is 69.8 cm³/mol. The Kier molecular flexibility index (Phi) is 3.88. The van der Waals surface area contributed by atoms with Gasteiger partial charge in [-0.3, -0.25) is 0 Å². The third kappa shape index (κ3) is 3.15. The summed E-state index contributed by atoms with van der Waals surface area (Å²) in [6, 6.07) is 3.95.